The van der Waals surface area contributed by atoms with Gasteiger partial charge in [-0.05, 0) is 32.8 Å². The Morgan fingerprint density at radius 1 is 1.39 bits per heavy atom. The SMILES string of the molecule is Cc1cnn(CCCNC(=O)C(C)n2ncc([N+](=O)[O-])c2C)c1. The van der Waals surface area contributed by atoms with E-state index in [2.05, 4.69) is 15.5 Å². The molecule has 0 spiro atoms. The van der Waals surface area contributed by atoms with Gasteiger partial charge in [0.25, 0.3) is 0 Å². The Hall–Kier alpha value is -2.71. The number of hydrogen-bond acceptors (Lipinski definition) is 5. The molecule has 2 aromatic heterocycles. The van der Waals surface area contributed by atoms with E-state index in [1.807, 2.05) is 17.8 Å². The predicted octanol–water partition coefficient (Wildman–Crippen LogP) is 1.37. The normalized spacial score (nSPS) is 12.1. The van der Waals surface area contributed by atoms with Crippen molar-refractivity contribution >= 4 is 11.6 Å². The van der Waals surface area contributed by atoms with Gasteiger partial charge in [0.15, 0.2) is 0 Å². The van der Waals surface area contributed by atoms with Crippen LogP contribution < -0.4 is 5.32 Å². The van der Waals surface area contributed by atoms with Crippen LogP contribution >= 0.6 is 0 Å². The zero-order chi connectivity index (χ0) is 17.0. The number of aryl methyl sites for hydroxylation is 2. The Morgan fingerprint density at radius 3 is 2.70 bits per heavy atom. The maximum Gasteiger partial charge on any atom is 0.309 e. The van der Waals surface area contributed by atoms with E-state index in [1.165, 1.54) is 10.9 Å². The van der Waals surface area contributed by atoms with E-state index in [1.54, 1.807) is 20.0 Å². The molecular weight excluding hydrogens is 300 g/mol. The molecule has 1 N–H and O–H groups in total. The average Bonchev–Trinajstić information content (AvgIpc) is 3.08. The van der Waals surface area contributed by atoms with Crippen molar-refractivity contribution in [1.29, 1.82) is 0 Å². The molecule has 1 amide bonds. The molecule has 1 unspecified atom stereocenters. The molecule has 2 aromatic rings. The summed E-state index contributed by atoms with van der Waals surface area (Å²) in [5.74, 6) is -0.220. The fourth-order valence-electron chi connectivity index (χ4n) is 2.28. The van der Waals surface area contributed by atoms with Crippen molar-refractivity contribution in [3.8, 4) is 0 Å². The lowest BCUT2D eigenvalue weighted by Gasteiger charge is -2.14. The highest BCUT2D eigenvalue weighted by molar-refractivity contribution is 5.79. The Kier molecular flexibility index (Phi) is 5.09. The van der Waals surface area contributed by atoms with Gasteiger partial charge in [-0.3, -0.25) is 24.3 Å². The van der Waals surface area contributed by atoms with Crippen molar-refractivity contribution in [3.05, 3.63) is 40.0 Å². The quantitative estimate of drug-likeness (QED) is 0.471. The number of nitrogens with one attached hydrogen (secondary N) is 1. The highest BCUT2D eigenvalue weighted by Crippen LogP contribution is 2.19. The first kappa shape index (κ1) is 16.7. The molecule has 9 heteroatoms. The van der Waals surface area contributed by atoms with Gasteiger partial charge in [-0.15, -0.1) is 0 Å². The standard InChI is InChI=1S/C14H20N6O3/c1-10-7-16-18(9-10)6-4-5-15-14(21)12(3)19-11(2)13(8-17-19)20(22)23/h7-9,12H,4-6H2,1-3H3,(H,15,21). The molecule has 0 saturated carbocycles. The molecule has 23 heavy (non-hydrogen) atoms. The van der Waals surface area contributed by atoms with Crippen molar-refractivity contribution in [2.24, 2.45) is 0 Å². The van der Waals surface area contributed by atoms with Gasteiger partial charge >= 0.3 is 5.69 Å². The van der Waals surface area contributed by atoms with Gasteiger partial charge in [0.2, 0.25) is 5.91 Å². The second kappa shape index (κ2) is 7.03. The Labute approximate surface area is 133 Å². The molecule has 0 saturated heterocycles. The van der Waals surface area contributed by atoms with Gasteiger partial charge in [0.1, 0.15) is 17.9 Å². The summed E-state index contributed by atoms with van der Waals surface area (Å²) in [7, 11) is 0. The maximum absolute atomic E-state index is 12.1. The summed E-state index contributed by atoms with van der Waals surface area (Å²) in [5, 5.41) is 21.7. The number of amides is 1. The largest absolute Gasteiger partial charge is 0.354 e. The van der Waals surface area contributed by atoms with Crippen LogP contribution in [0.2, 0.25) is 0 Å². The van der Waals surface area contributed by atoms with Crippen LogP contribution in [0.3, 0.4) is 0 Å². The number of nitrogens with zero attached hydrogens (tertiary/aromatic N) is 5. The van der Waals surface area contributed by atoms with Gasteiger partial charge in [0.05, 0.1) is 11.1 Å². The van der Waals surface area contributed by atoms with E-state index >= 15 is 0 Å². The van der Waals surface area contributed by atoms with Gasteiger partial charge in [-0.25, -0.2) is 0 Å². The summed E-state index contributed by atoms with van der Waals surface area (Å²) in [5.41, 5.74) is 1.38. The monoisotopic (exact) mass is 320 g/mol. The van der Waals surface area contributed by atoms with E-state index in [0.29, 0.717) is 12.2 Å². The molecule has 0 radical (unpaired) electrons. The highest BCUT2D eigenvalue weighted by Gasteiger charge is 2.23. The van der Waals surface area contributed by atoms with Crippen molar-refractivity contribution < 1.29 is 9.72 Å². The summed E-state index contributed by atoms with van der Waals surface area (Å²) in [4.78, 5) is 22.4. The first-order chi connectivity index (χ1) is 10.9. The van der Waals surface area contributed by atoms with E-state index in [-0.39, 0.29) is 11.6 Å². The summed E-state index contributed by atoms with van der Waals surface area (Å²) < 4.78 is 3.19. The Balaban J connectivity index is 1.84. The van der Waals surface area contributed by atoms with Crippen LogP contribution in [-0.2, 0) is 11.3 Å². The number of carbonyl (C=O) groups excluding carboxylic acids is 1. The van der Waals surface area contributed by atoms with Crippen LogP contribution in [0, 0.1) is 24.0 Å². The molecule has 9 nitrogen and oxygen atoms in total. The minimum atomic E-state index is -0.601. The third-order valence-electron chi connectivity index (χ3n) is 3.59. The molecule has 0 aromatic carbocycles. The molecule has 0 aliphatic rings. The van der Waals surface area contributed by atoms with Crippen LogP contribution in [0.5, 0.6) is 0 Å². The smallest absolute Gasteiger partial charge is 0.309 e. The van der Waals surface area contributed by atoms with Crippen molar-refractivity contribution in [2.75, 3.05) is 6.54 Å². The van der Waals surface area contributed by atoms with Gasteiger partial charge in [0, 0.05) is 19.3 Å². The lowest BCUT2D eigenvalue weighted by molar-refractivity contribution is -0.385. The zero-order valence-corrected chi connectivity index (χ0v) is 13.4. The van der Waals surface area contributed by atoms with E-state index in [0.717, 1.165) is 18.5 Å². The third-order valence-corrected chi connectivity index (χ3v) is 3.59. The molecular formula is C14H20N6O3. The van der Waals surface area contributed by atoms with Crippen LogP contribution in [-0.4, -0.2) is 36.9 Å². The lowest BCUT2D eigenvalue weighted by Crippen LogP contribution is -2.33. The maximum atomic E-state index is 12.1. The molecule has 0 fully saturated rings. The average molecular weight is 320 g/mol. The minimum absolute atomic E-state index is 0.0845. The second-order valence-electron chi connectivity index (χ2n) is 5.42. The molecule has 1 atom stereocenters. The topological polar surface area (TPSA) is 108 Å². The predicted molar refractivity (Wildman–Crippen MR) is 82.9 cm³/mol. The summed E-state index contributed by atoms with van der Waals surface area (Å²) in [6.07, 6.45) is 5.64. The van der Waals surface area contributed by atoms with Crippen molar-refractivity contribution in [1.82, 2.24) is 24.9 Å². The fraction of sp³-hybridized carbons (Fsp3) is 0.500. The zero-order valence-electron chi connectivity index (χ0n) is 13.4. The highest BCUT2D eigenvalue weighted by atomic mass is 16.6. The van der Waals surface area contributed by atoms with Crippen LogP contribution in [0.15, 0.2) is 18.6 Å². The minimum Gasteiger partial charge on any atom is -0.354 e. The van der Waals surface area contributed by atoms with Crippen molar-refractivity contribution in [3.63, 3.8) is 0 Å². The number of hydrogen-bond donors (Lipinski definition) is 1. The molecule has 124 valence electrons. The fourth-order valence-corrected chi connectivity index (χ4v) is 2.28. The van der Waals surface area contributed by atoms with E-state index < -0.39 is 11.0 Å². The molecule has 0 aliphatic carbocycles. The molecule has 0 aliphatic heterocycles. The van der Waals surface area contributed by atoms with Gasteiger partial charge in [-0.2, -0.15) is 10.2 Å². The van der Waals surface area contributed by atoms with Gasteiger partial charge < -0.3 is 5.32 Å². The molecule has 0 bridgehead atoms. The summed E-state index contributed by atoms with van der Waals surface area (Å²) >= 11 is 0. The van der Waals surface area contributed by atoms with Crippen LogP contribution in [0.25, 0.3) is 0 Å². The summed E-state index contributed by atoms with van der Waals surface area (Å²) in [6.45, 7) is 6.43. The second-order valence-corrected chi connectivity index (χ2v) is 5.42. The van der Waals surface area contributed by atoms with E-state index in [9.17, 15) is 14.9 Å². The molecule has 2 heterocycles. The number of carbonyl (C=O) groups is 1. The Morgan fingerprint density at radius 2 is 2.13 bits per heavy atom. The van der Waals surface area contributed by atoms with Crippen molar-refractivity contribution in [2.45, 2.75) is 39.8 Å². The first-order valence-corrected chi connectivity index (χ1v) is 7.35. The number of nitro groups is 1. The number of aromatic nitrogens is 4. The molecule has 2 rings (SSSR count). The lowest BCUT2D eigenvalue weighted by atomic mass is 10.3. The van der Waals surface area contributed by atoms with E-state index in [4.69, 9.17) is 0 Å². The van der Waals surface area contributed by atoms with Crippen LogP contribution in [0.4, 0.5) is 5.69 Å². The first-order valence-electron chi connectivity index (χ1n) is 7.35. The number of rotatable bonds is 7. The van der Waals surface area contributed by atoms with Gasteiger partial charge in [-0.1, -0.05) is 0 Å². The Bertz CT molecular complexity index is 705. The third kappa shape index (κ3) is 3.93. The summed E-state index contributed by atoms with van der Waals surface area (Å²) in [6, 6.07) is -0.601. The van der Waals surface area contributed by atoms with Crippen LogP contribution in [0.1, 0.15) is 30.6 Å².